The van der Waals surface area contributed by atoms with Gasteiger partial charge in [0.15, 0.2) is 5.78 Å². The number of hydrogen-bond donors (Lipinski definition) is 0. The fourth-order valence-corrected chi connectivity index (χ4v) is 2.47. The van der Waals surface area contributed by atoms with Gasteiger partial charge >= 0.3 is 0 Å². The van der Waals surface area contributed by atoms with E-state index in [0.717, 1.165) is 18.4 Å². The molecule has 0 atom stereocenters. The van der Waals surface area contributed by atoms with E-state index in [1.165, 1.54) is 18.4 Å². The van der Waals surface area contributed by atoms with Gasteiger partial charge in [-0.1, -0.05) is 19.4 Å². The third-order valence-corrected chi connectivity index (χ3v) is 3.96. The summed E-state index contributed by atoms with van der Waals surface area (Å²) in [7, 11) is 0. The monoisotopic (exact) mass is 180 g/mol. The maximum atomic E-state index is 11.5. The molecule has 1 rings (SSSR count). The molecular weight excluding hydrogens is 160 g/mol. The molecule has 0 aromatic heterocycles. The van der Waals surface area contributed by atoms with Crippen LogP contribution in [0.3, 0.4) is 0 Å². The quantitative estimate of drug-likeness (QED) is 0.635. The molecule has 0 aromatic rings. The Morgan fingerprint density at radius 3 is 2.23 bits per heavy atom. The summed E-state index contributed by atoms with van der Waals surface area (Å²) in [6, 6.07) is 0. The zero-order valence-electron chi connectivity index (χ0n) is 9.24. The molecule has 1 nitrogen and oxygen atoms in total. The summed E-state index contributed by atoms with van der Waals surface area (Å²) < 4.78 is 0. The van der Waals surface area contributed by atoms with Crippen molar-refractivity contribution in [3.8, 4) is 0 Å². The minimum absolute atomic E-state index is 0.331. The van der Waals surface area contributed by atoms with Crippen LogP contribution in [0.2, 0.25) is 0 Å². The molecule has 0 unspecified atom stereocenters. The van der Waals surface area contributed by atoms with Gasteiger partial charge in [-0.25, -0.2) is 0 Å². The summed E-state index contributed by atoms with van der Waals surface area (Å²) in [5.41, 5.74) is 2.70. The average molecular weight is 180 g/mol. The number of carbonyl (C=O) groups is 1. The van der Waals surface area contributed by atoms with E-state index in [9.17, 15) is 4.79 Å². The fraction of sp³-hybridized carbons (Fsp3) is 0.750. The number of allylic oxidation sites excluding steroid dienone is 2. The summed E-state index contributed by atoms with van der Waals surface area (Å²) in [6.45, 7) is 8.59. The first-order valence-corrected chi connectivity index (χ1v) is 5.28. The Bertz CT molecular complexity index is 244. The highest BCUT2D eigenvalue weighted by atomic mass is 16.1. The second kappa shape index (κ2) is 3.65. The fourth-order valence-electron chi connectivity index (χ4n) is 2.47. The van der Waals surface area contributed by atoms with E-state index in [1.54, 1.807) is 0 Å². The van der Waals surface area contributed by atoms with E-state index >= 15 is 0 Å². The highest BCUT2D eigenvalue weighted by Crippen LogP contribution is 2.44. The van der Waals surface area contributed by atoms with Crippen LogP contribution in [0.1, 0.15) is 53.4 Å². The number of Topliss-reactive ketones (excluding diaryl/α,β-unsaturated/α-hetero) is 1. The van der Waals surface area contributed by atoms with Gasteiger partial charge in [-0.2, -0.15) is 0 Å². The van der Waals surface area contributed by atoms with Crippen molar-refractivity contribution in [3.63, 3.8) is 0 Å². The van der Waals surface area contributed by atoms with Crippen LogP contribution in [0.5, 0.6) is 0 Å². The average Bonchev–Trinajstić information content (AvgIpc) is 2.16. The predicted molar refractivity (Wildman–Crippen MR) is 55.6 cm³/mol. The van der Waals surface area contributed by atoms with E-state index < -0.39 is 0 Å². The van der Waals surface area contributed by atoms with Crippen LogP contribution in [0.4, 0.5) is 0 Å². The minimum atomic E-state index is 0.331. The van der Waals surface area contributed by atoms with Gasteiger partial charge in [0, 0.05) is 6.42 Å². The van der Waals surface area contributed by atoms with Crippen LogP contribution >= 0.6 is 0 Å². The molecule has 0 aromatic carbocycles. The Hall–Kier alpha value is -0.590. The lowest BCUT2D eigenvalue weighted by Crippen LogP contribution is -2.28. The lowest BCUT2D eigenvalue weighted by molar-refractivity contribution is -0.116. The molecule has 0 aliphatic heterocycles. The summed E-state index contributed by atoms with van der Waals surface area (Å²) >= 11 is 0. The lowest BCUT2D eigenvalue weighted by atomic mass is 9.67. The van der Waals surface area contributed by atoms with Crippen LogP contribution in [-0.2, 0) is 4.79 Å². The molecule has 74 valence electrons. The third kappa shape index (κ3) is 1.56. The molecule has 0 amide bonds. The highest BCUT2D eigenvalue weighted by Gasteiger charge is 2.34. The molecule has 0 spiro atoms. The van der Waals surface area contributed by atoms with Crippen molar-refractivity contribution in [1.82, 2.24) is 0 Å². The summed E-state index contributed by atoms with van der Waals surface area (Å²) in [5.74, 6) is 0.357. The lowest BCUT2D eigenvalue weighted by Gasteiger charge is -2.37. The van der Waals surface area contributed by atoms with Crippen molar-refractivity contribution in [1.29, 1.82) is 0 Å². The van der Waals surface area contributed by atoms with Crippen molar-refractivity contribution < 1.29 is 4.79 Å². The summed E-state index contributed by atoms with van der Waals surface area (Å²) in [6.07, 6.45) is 4.15. The van der Waals surface area contributed by atoms with Crippen LogP contribution in [-0.4, -0.2) is 5.78 Å². The number of rotatable bonds is 2. The molecule has 0 bridgehead atoms. The van der Waals surface area contributed by atoms with E-state index in [-0.39, 0.29) is 0 Å². The topological polar surface area (TPSA) is 17.1 Å². The zero-order valence-corrected chi connectivity index (χ0v) is 9.24. The molecule has 0 saturated heterocycles. The van der Waals surface area contributed by atoms with E-state index in [2.05, 4.69) is 20.8 Å². The van der Waals surface area contributed by atoms with Gasteiger partial charge in [-0.3, -0.25) is 4.79 Å². The van der Waals surface area contributed by atoms with Crippen molar-refractivity contribution in [2.75, 3.05) is 0 Å². The summed E-state index contributed by atoms with van der Waals surface area (Å²) in [5, 5.41) is 0. The van der Waals surface area contributed by atoms with Crippen molar-refractivity contribution in [2.45, 2.75) is 53.4 Å². The largest absolute Gasteiger partial charge is 0.295 e. The first kappa shape index (κ1) is 10.5. The van der Waals surface area contributed by atoms with E-state index in [1.807, 2.05) is 6.92 Å². The van der Waals surface area contributed by atoms with E-state index in [4.69, 9.17) is 0 Å². The summed E-state index contributed by atoms with van der Waals surface area (Å²) in [4.78, 5) is 11.5. The molecule has 0 N–H and O–H groups in total. The number of carbonyl (C=O) groups excluding carboxylic acids is 1. The molecule has 0 heterocycles. The highest BCUT2D eigenvalue weighted by molar-refractivity contribution is 5.96. The second-order valence-electron chi connectivity index (χ2n) is 4.16. The zero-order chi connectivity index (χ0) is 10.1. The molecule has 1 aliphatic carbocycles. The molecule has 0 radical (unpaired) electrons. The van der Waals surface area contributed by atoms with Crippen molar-refractivity contribution in [3.05, 3.63) is 11.1 Å². The Kier molecular flexibility index (Phi) is 2.94. The first-order chi connectivity index (χ1) is 6.07. The van der Waals surface area contributed by atoms with Gasteiger partial charge in [0.1, 0.15) is 0 Å². The third-order valence-electron chi connectivity index (χ3n) is 3.96. The van der Waals surface area contributed by atoms with Gasteiger partial charge in [-0.15, -0.1) is 0 Å². The van der Waals surface area contributed by atoms with Crippen LogP contribution < -0.4 is 0 Å². The Labute approximate surface area is 81.2 Å². The second-order valence-corrected chi connectivity index (χ2v) is 4.16. The van der Waals surface area contributed by atoms with Gasteiger partial charge < -0.3 is 0 Å². The SMILES string of the molecule is CCC1(CC)CCC(=O)C(C)=C1C. The standard InChI is InChI=1S/C12H20O/c1-5-12(6-2)8-7-11(13)9(3)10(12)4/h5-8H2,1-4H3. The normalized spacial score (nSPS) is 22.3. The van der Waals surface area contributed by atoms with Gasteiger partial charge in [-0.05, 0) is 44.1 Å². The van der Waals surface area contributed by atoms with Crippen molar-refractivity contribution in [2.24, 2.45) is 5.41 Å². The molecule has 1 heteroatoms. The maximum absolute atomic E-state index is 11.5. The molecule has 0 saturated carbocycles. The first-order valence-electron chi connectivity index (χ1n) is 5.28. The van der Waals surface area contributed by atoms with Gasteiger partial charge in [0.05, 0.1) is 0 Å². The van der Waals surface area contributed by atoms with Crippen LogP contribution in [0, 0.1) is 5.41 Å². The van der Waals surface area contributed by atoms with E-state index in [0.29, 0.717) is 11.2 Å². The molecular formula is C12H20O. The molecule has 0 fully saturated rings. The Morgan fingerprint density at radius 1 is 1.23 bits per heavy atom. The Balaban J connectivity index is 3.09. The Morgan fingerprint density at radius 2 is 1.77 bits per heavy atom. The molecule has 13 heavy (non-hydrogen) atoms. The molecule has 1 aliphatic rings. The smallest absolute Gasteiger partial charge is 0.158 e. The number of hydrogen-bond acceptors (Lipinski definition) is 1. The number of ketones is 1. The van der Waals surface area contributed by atoms with Crippen LogP contribution in [0.25, 0.3) is 0 Å². The van der Waals surface area contributed by atoms with Crippen LogP contribution in [0.15, 0.2) is 11.1 Å². The van der Waals surface area contributed by atoms with Gasteiger partial charge in [0.2, 0.25) is 0 Å². The predicted octanol–water partition coefficient (Wildman–Crippen LogP) is 3.49. The maximum Gasteiger partial charge on any atom is 0.158 e. The van der Waals surface area contributed by atoms with Crippen molar-refractivity contribution >= 4 is 5.78 Å². The van der Waals surface area contributed by atoms with Gasteiger partial charge in [0.25, 0.3) is 0 Å². The minimum Gasteiger partial charge on any atom is -0.295 e.